The van der Waals surface area contributed by atoms with E-state index in [0.717, 1.165) is 24.5 Å². The maximum Gasteiger partial charge on any atom is 0.0933 e. The summed E-state index contributed by atoms with van der Waals surface area (Å²) in [6, 6.07) is 0. The molecule has 0 saturated carbocycles. The smallest absolute Gasteiger partial charge is 0.0933 e. The van der Waals surface area contributed by atoms with E-state index in [9.17, 15) is 0 Å². The number of hydrogen-bond donors (Lipinski definition) is 1. The summed E-state index contributed by atoms with van der Waals surface area (Å²) < 4.78 is 9.17. The van der Waals surface area contributed by atoms with Crippen molar-refractivity contribution < 1.29 is 9.84 Å². The number of aromatic nitrogens is 2. The predicted molar refractivity (Wildman–Crippen MR) is 52.0 cm³/mol. The van der Waals surface area contributed by atoms with Gasteiger partial charge in [-0.05, 0) is 11.5 Å². The largest absolute Gasteiger partial charge is 0.394 e. The SMILES string of the molecule is OCC1CN(Cc2cnns2)CCO1. The van der Waals surface area contributed by atoms with E-state index < -0.39 is 0 Å². The van der Waals surface area contributed by atoms with Gasteiger partial charge in [-0.2, -0.15) is 0 Å². The summed E-state index contributed by atoms with van der Waals surface area (Å²) in [6.07, 6.45) is 1.75. The highest BCUT2D eigenvalue weighted by Gasteiger charge is 2.19. The topological polar surface area (TPSA) is 58.5 Å². The van der Waals surface area contributed by atoms with Crippen molar-refractivity contribution in [3.05, 3.63) is 11.1 Å². The first kappa shape index (κ1) is 9.97. The van der Waals surface area contributed by atoms with Crippen molar-refractivity contribution in [1.82, 2.24) is 14.5 Å². The first-order valence-corrected chi connectivity index (χ1v) is 5.37. The van der Waals surface area contributed by atoms with Gasteiger partial charge in [0.15, 0.2) is 0 Å². The average Bonchev–Trinajstić information content (AvgIpc) is 2.71. The molecule has 1 aliphatic heterocycles. The summed E-state index contributed by atoms with van der Waals surface area (Å²) >= 11 is 1.42. The molecule has 0 amide bonds. The van der Waals surface area contributed by atoms with Crippen molar-refractivity contribution in [2.45, 2.75) is 12.6 Å². The second-order valence-electron chi connectivity index (χ2n) is 3.29. The molecular weight excluding hydrogens is 202 g/mol. The number of hydrogen-bond acceptors (Lipinski definition) is 6. The van der Waals surface area contributed by atoms with Gasteiger partial charge in [-0.15, -0.1) is 5.10 Å². The second kappa shape index (κ2) is 4.79. The molecule has 78 valence electrons. The number of nitrogens with zero attached hydrogens (tertiary/aromatic N) is 3. The Hall–Kier alpha value is -0.560. The Kier molecular flexibility index (Phi) is 3.41. The molecule has 1 aromatic rings. The zero-order chi connectivity index (χ0) is 9.80. The molecule has 1 fully saturated rings. The van der Waals surface area contributed by atoms with Gasteiger partial charge in [0, 0.05) is 19.6 Å². The van der Waals surface area contributed by atoms with Crippen LogP contribution in [0.25, 0.3) is 0 Å². The van der Waals surface area contributed by atoms with Gasteiger partial charge in [-0.25, -0.2) is 0 Å². The summed E-state index contributed by atoms with van der Waals surface area (Å²) in [5.41, 5.74) is 0. The predicted octanol–water partition coefficient (Wildman–Crippen LogP) is -0.269. The van der Waals surface area contributed by atoms with Crippen LogP contribution < -0.4 is 0 Å². The van der Waals surface area contributed by atoms with Gasteiger partial charge in [-0.1, -0.05) is 4.49 Å². The van der Waals surface area contributed by atoms with Crippen LogP contribution in [0.4, 0.5) is 0 Å². The Morgan fingerprint density at radius 2 is 2.64 bits per heavy atom. The number of morpholine rings is 1. The van der Waals surface area contributed by atoms with E-state index in [1.54, 1.807) is 6.20 Å². The third kappa shape index (κ3) is 2.48. The van der Waals surface area contributed by atoms with Gasteiger partial charge in [0.25, 0.3) is 0 Å². The number of ether oxygens (including phenoxy) is 1. The van der Waals surface area contributed by atoms with Crippen LogP contribution in [0, 0.1) is 0 Å². The molecule has 5 nitrogen and oxygen atoms in total. The average molecular weight is 215 g/mol. The van der Waals surface area contributed by atoms with E-state index in [1.807, 2.05) is 0 Å². The molecule has 1 aliphatic rings. The third-order valence-corrected chi connectivity index (χ3v) is 2.86. The Morgan fingerprint density at radius 3 is 3.36 bits per heavy atom. The molecule has 0 bridgehead atoms. The van der Waals surface area contributed by atoms with E-state index in [1.165, 1.54) is 11.5 Å². The maximum atomic E-state index is 8.96. The molecule has 1 unspecified atom stereocenters. The first-order chi connectivity index (χ1) is 6.88. The first-order valence-electron chi connectivity index (χ1n) is 4.59. The minimum absolute atomic E-state index is 0.0374. The molecular formula is C8H13N3O2S. The third-order valence-electron chi connectivity index (χ3n) is 2.21. The standard InChI is InChI=1S/C8H13N3O2S/c12-6-7-4-11(1-2-13-7)5-8-3-9-10-14-8/h3,7,12H,1-2,4-6H2. The molecule has 1 N–H and O–H groups in total. The summed E-state index contributed by atoms with van der Waals surface area (Å²) in [7, 11) is 0. The molecule has 0 spiro atoms. The minimum Gasteiger partial charge on any atom is -0.394 e. The lowest BCUT2D eigenvalue weighted by Gasteiger charge is -2.31. The molecule has 2 heterocycles. The fourth-order valence-corrected chi connectivity index (χ4v) is 2.05. The van der Waals surface area contributed by atoms with Crippen molar-refractivity contribution in [2.24, 2.45) is 0 Å². The zero-order valence-corrected chi connectivity index (χ0v) is 8.61. The van der Waals surface area contributed by atoms with Crippen LogP contribution in [-0.4, -0.2) is 52.0 Å². The molecule has 0 aromatic carbocycles. The van der Waals surface area contributed by atoms with E-state index in [4.69, 9.17) is 9.84 Å². The van der Waals surface area contributed by atoms with Crippen LogP contribution in [0.3, 0.4) is 0 Å². The second-order valence-corrected chi connectivity index (χ2v) is 4.16. The summed E-state index contributed by atoms with van der Waals surface area (Å²) in [6.45, 7) is 3.34. The van der Waals surface area contributed by atoms with Crippen molar-refractivity contribution in [1.29, 1.82) is 0 Å². The van der Waals surface area contributed by atoms with Crippen LogP contribution in [-0.2, 0) is 11.3 Å². The van der Waals surface area contributed by atoms with E-state index in [-0.39, 0.29) is 12.7 Å². The van der Waals surface area contributed by atoms with Crippen molar-refractivity contribution in [3.63, 3.8) is 0 Å². The fraction of sp³-hybridized carbons (Fsp3) is 0.750. The van der Waals surface area contributed by atoms with Crippen LogP contribution in [0.1, 0.15) is 4.88 Å². The lowest BCUT2D eigenvalue weighted by atomic mass is 10.3. The fourth-order valence-electron chi connectivity index (χ4n) is 1.51. The van der Waals surface area contributed by atoms with Crippen LogP contribution in [0.2, 0.25) is 0 Å². The van der Waals surface area contributed by atoms with E-state index >= 15 is 0 Å². The molecule has 1 atom stereocenters. The molecule has 1 saturated heterocycles. The highest BCUT2D eigenvalue weighted by molar-refractivity contribution is 7.05. The number of rotatable bonds is 3. The van der Waals surface area contributed by atoms with E-state index in [0.29, 0.717) is 6.61 Å². The monoisotopic (exact) mass is 215 g/mol. The quantitative estimate of drug-likeness (QED) is 0.752. The lowest BCUT2D eigenvalue weighted by Crippen LogP contribution is -2.43. The Balaban J connectivity index is 1.86. The van der Waals surface area contributed by atoms with Crippen LogP contribution >= 0.6 is 11.5 Å². The zero-order valence-electron chi connectivity index (χ0n) is 7.80. The molecule has 0 radical (unpaired) electrons. The van der Waals surface area contributed by atoms with Gasteiger partial charge in [0.05, 0.1) is 30.4 Å². The van der Waals surface area contributed by atoms with Crippen LogP contribution in [0.15, 0.2) is 6.20 Å². The minimum atomic E-state index is -0.0374. The highest BCUT2D eigenvalue weighted by Crippen LogP contribution is 2.11. The Labute approximate surface area is 86.5 Å². The summed E-state index contributed by atoms with van der Waals surface area (Å²) in [5.74, 6) is 0. The Morgan fingerprint density at radius 1 is 1.71 bits per heavy atom. The molecule has 1 aromatic heterocycles. The maximum absolute atomic E-state index is 8.96. The van der Waals surface area contributed by atoms with Crippen molar-refractivity contribution in [2.75, 3.05) is 26.3 Å². The summed E-state index contributed by atoms with van der Waals surface area (Å²) in [4.78, 5) is 3.41. The van der Waals surface area contributed by atoms with Crippen LogP contribution in [0.5, 0.6) is 0 Å². The molecule has 14 heavy (non-hydrogen) atoms. The normalized spacial score (nSPS) is 23.9. The van der Waals surface area contributed by atoms with Gasteiger partial charge >= 0.3 is 0 Å². The summed E-state index contributed by atoms with van der Waals surface area (Å²) in [5, 5.41) is 12.7. The number of aliphatic hydroxyl groups is 1. The van der Waals surface area contributed by atoms with Crippen molar-refractivity contribution in [3.8, 4) is 0 Å². The lowest BCUT2D eigenvalue weighted by molar-refractivity contribution is -0.0548. The van der Waals surface area contributed by atoms with E-state index in [2.05, 4.69) is 14.5 Å². The van der Waals surface area contributed by atoms with Gasteiger partial charge in [0.1, 0.15) is 0 Å². The van der Waals surface area contributed by atoms with Gasteiger partial charge in [0.2, 0.25) is 0 Å². The van der Waals surface area contributed by atoms with Gasteiger partial charge < -0.3 is 9.84 Å². The van der Waals surface area contributed by atoms with Crippen molar-refractivity contribution >= 4 is 11.5 Å². The molecule has 2 rings (SSSR count). The molecule has 6 heteroatoms. The Bertz CT molecular complexity index is 268. The number of aliphatic hydroxyl groups excluding tert-OH is 1. The van der Waals surface area contributed by atoms with Gasteiger partial charge in [-0.3, -0.25) is 4.90 Å². The molecule has 0 aliphatic carbocycles. The highest BCUT2D eigenvalue weighted by atomic mass is 32.1.